The number of rotatable bonds is 8. The zero-order valence-electron chi connectivity index (χ0n) is 14.4. The molecule has 0 saturated carbocycles. The first kappa shape index (κ1) is 18.2. The van der Waals surface area contributed by atoms with Crippen molar-refractivity contribution in [3.05, 3.63) is 63.0 Å². The number of nitrogens with one attached hydrogen (secondary N) is 3. The fourth-order valence-corrected chi connectivity index (χ4v) is 3.40. The summed E-state index contributed by atoms with van der Waals surface area (Å²) in [4.78, 5) is 31.5. The van der Waals surface area contributed by atoms with Crippen LogP contribution in [-0.2, 0) is 17.8 Å². The SMILES string of the molecule is COCCNCc1ccc(CNC(=O)c2csc3nc[nH]c(=O)c23)cc1. The third-order valence-corrected chi connectivity index (χ3v) is 4.80. The Morgan fingerprint density at radius 2 is 1.96 bits per heavy atom. The Kier molecular flexibility index (Phi) is 6.11. The molecule has 3 aromatic rings. The summed E-state index contributed by atoms with van der Waals surface area (Å²) in [6.45, 7) is 2.65. The maximum absolute atomic E-state index is 12.4. The summed E-state index contributed by atoms with van der Waals surface area (Å²) in [6, 6.07) is 8.01. The molecule has 0 unspecified atom stereocenters. The standard InChI is InChI=1S/C18H20N4O3S/c1-25-7-6-19-8-12-2-4-13(5-3-12)9-20-16(23)14-10-26-18-15(14)17(24)21-11-22-18/h2-5,10-11,19H,6-9H2,1H3,(H,20,23)(H,21,22,24). The van der Waals surface area contributed by atoms with Crippen LogP contribution in [0.4, 0.5) is 0 Å². The van der Waals surface area contributed by atoms with E-state index in [1.807, 2.05) is 24.3 Å². The van der Waals surface area contributed by atoms with E-state index in [-0.39, 0.29) is 11.5 Å². The molecule has 0 aliphatic carbocycles. The Morgan fingerprint density at radius 1 is 1.23 bits per heavy atom. The van der Waals surface area contributed by atoms with Crippen LogP contribution in [0.5, 0.6) is 0 Å². The molecule has 0 bridgehead atoms. The number of hydrogen-bond acceptors (Lipinski definition) is 6. The molecule has 26 heavy (non-hydrogen) atoms. The van der Waals surface area contributed by atoms with E-state index in [2.05, 4.69) is 20.6 Å². The van der Waals surface area contributed by atoms with E-state index in [0.717, 1.165) is 24.2 Å². The van der Waals surface area contributed by atoms with Crippen molar-refractivity contribution in [3.63, 3.8) is 0 Å². The van der Waals surface area contributed by atoms with Gasteiger partial charge in [-0.25, -0.2) is 4.98 Å². The Bertz CT molecular complexity index is 934. The molecule has 0 fully saturated rings. The highest BCUT2D eigenvalue weighted by Gasteiger charge is 2.15. The van der Waals surface area contributed by atoms with Gasteiger partial charge in [0.1, 0.15) is 4.83 Å². The van der Waals surface area contributed by atoms with Crippen molar-refractivity contribution in [1.82, 2.24) is 20.6 Å². The summed E-state index contributed by atoms with van der Waals surface area (Å²) in [5, 5.41) is 8.14. The van der Waals surface area contributed by atoms with Crippen molar-refractivity contribution in [2.75, 3.05) is 20.3 Å². The number of fused-ring (bicyclic) bond motifs is 1. The zero-order chi connectivity index (χ0) is 18.4. The molecule has 136 valence electrons. The highest BCUT2D eigenvalue weighted by Crippen LogP contribution is 2.20. The quantitative estimate of drug-likeness (QED) is 0.523. The number of carbonyl (C=O) groups excluding carboxylic acids is 1. The van der Waals surface area contributed by atoms with Crippen LogP contribution in [0.25, 0.3) is 10.2 Å². The molecule has 3 rings (SSSR count). The second-order valence-electron chi connectivity index (χ2n) is 5.73. The van der Waals surface area contributed by atoms with Crippen LogP contribution in [-0.4, -0.2) is 36.1 Å². The van der Waals surface area contributed by atoms with Gasteiger partial charge in [-0.2, -0.15) is 0 Å². The molecular formula is C18H20N4O3S. The maximum atomic E-state index is 12.4. The monoisotopic (exact) mass is 372 g/mol. The topological polar surface area (TPSA) is 96.1 Å². The molecule has 2 heterocycles. The second kappa shape index (κ2) is 8.70. The van der Waals surface area contributed by atoms with E-state index in [1.165, 1.54) is 17.7 Å². The van der Waals surface area contributed by atoms with Gasteiger partial charge >= 0.3 is 0 Å². The van der Waals surface area contributed by atoms with Crippen LogP contribution in [0.1, 0.15) is 21.5 Å². The van der Waals surface area contributed by atoms with Crippen molar-refractivity contribution in [2.45, 2.75) is 13.1 Å². The fraction of sp³-hybridized carbons (Fsp3) is 0.278. The summed E-state index contributed by atoms with van der Waals surface area (Å²) in [5.74, 6) is -0.278. The highest BCUT2D eigenvalue weighted by atomic mass is 32.1. The van der Waals surface area contributed by atoms with Crippen LogP contribution in [0.15, 0.2) is 40.8 Å². The van der Waals surface area contributed by atoms with Crippen molar-refractivity contribution < 1.29 is 9.53 Å². The smallest absolute Gasteiger partial charge is 0.260 e. The summed E-state index contributed by atoms with van der Waals surface area (Å²) in [5.41, 5.74) is 2.22. The number of methoxy groups -OCH3 is 1. The summed E-state index contributed by atoms with van der Waals surface area (Å²) < 4.78 is 4.99. The van der Waals surface area contributed by atoms with Gasteiger partial charge in [0.05, 0.1) is 23.9 Å². The predicted octanol–water partition coefficient (Wildman–Crippen LogP) is 1.65. The molecule has 0 radical (unpaired) electrons. The molecule has 0 atom stereocenters. The Morgan fingerprint density at radius 3 is 2.69 bits per heavy atom. The predicted molar refractivity (Wildman–Crippen MR) is 101 cm³/mol. The van der Waals surface area contributed by atoms with E-state index in [9.17, 15) is 9.59 Å². The summed E-state index contributed by atoms with van der Waals surface area (Å²) in [7, 11) is 1.68. The first-order valence-electron chi connectivity index (χ1n) is 8.19. The van der Waals surface area contributed by atoms with Gasteiger partial charge < -0.3 is 20.4 Å². The summed E-state index contributed by atoms with van der Waals surface area (Å²) in [6.07, 6.45) is 1.34. The first-order valence-corrected chi connectivity index (χ1v) is 9.07. The van der Waals surface area contributed by atoms with Crippen LogP contribution in [0, 0.1) is 0 Å². The summed E-state index contributed by atoms with van der Waals surface area (Å²) >= 11 is 1.28. The molecule has 1 amide bonds. The Labute approximate surface area is 154 Å². The van der Waals surface area contributed by atoms with Crippen molar-refractivity contribution in [1.29, 1.82) is 0 Å². The number of carbonyl (C=O) groups is 1. The van der Waals surface area contributed by atoms with E-state index >= 15 is 0 Å². The molecule has 2 aromatic heterocycles. The van der Waals surface area contributed by atoms with Gasteiger partial charge in [0.2, 0.25) is 0 Å². The number of ether oxygens (including phenoxy) is 1. The van der Waals surface area contributed by atoms with E-state index in [4.69, 9.17) is 4.74 Å². The van der Waals surface area contributed by atoms with Gasteiger partial charge in [-0.05, 0) is 11.1 Å². The van der Waals surface area contributed by atoms with Crippen molar-refractivity contribution in [3.8, 4) is 0 Å². The van der Waals surface area contributed by atoms with Crippen LogP contribution < -0.4 is 16.2 Å². The maximum Gasteiger partial charge on any atom is 0.260 e. The average Bonchev–Trinajstić information content (AvgIpc) is 3.10. The lowest BCUT2D eigenvalue weighted by molar-refractivity contribution is 0.0953. The molecule has 0 aliphatic heterocycles. The lowest BCUT2D eigenvalue weighted by Gasteiger charge is -2.07. The number of aromatic amines is 1. The molecule has 0 spiro atoms. The number of amides is 1. The van der Waals surface area contributed by atoms with Gasteiger partial charge in [-0.1, -0.05) is 24.3 Å². The van der Waals surface area contributed by atoms with Crippen LogP contribution in [0.3, 0.4) is 0 Å². The minimum Gasteiger partial charge on any atom is -0.383 e. The minimum atomic E-state index is -0.299. The molecule has 8 heteroatoms. The number of hydrogen-bond donors (Lipinski definition) is 3. The largest absolute Gasteiger partial charge is 0.383 e. The molecule has 3 N–H and O–H groups in total. The molecule has 1 aromatic carbocycles. The van der Waals surface area contributed by atoms with Gasteiger partial charge in [-0.3, -0.25) is 9.59 Å². The Balaban J connectivity index is 1.58. The number of thiophene rings is 1. The number of nitrogens with zero attached hydrogens (tertiary/aromatic N) is 1. The molecular weight excluding hydrogens is 352 g/mol. The van der Waals surface area contributed by atoms with E-state index in [0.29, 0.717) is 28.9 Å². The third-order valence-electron chi connectivity index (χ3n) is 3.91. The molecule has 7 nitrogen and oxygen atoms in total. The lowest BCUT2D eigenvalue weighted by atomic mass is 10.1. The van der Waals surface area contributed by atoms with Gasteiger partial charge in [0, 0.05) is 32.1 Å². The van der Waals surface area contributed by atoms with E-state index in [1.54, 1.807) is 12.5 Å². The van der Waals surface area contributed by atoms with Crippen molar-refractivity contribution >= 4 is 27.5 Å². The number of benzene rings is 1. The normalized spacial score (nSPS) is 11.0. The molecule has 0 saturated heterocycles. The second-order valence-corrected chi connectivity index (χ2v) is 6.59. The van der Waals surface area contributed by atoms with Crippen molar-refractivity contribution in [2.24, 2.45) is 0 Å². The molecule has 0 aliphatic rings. The Hall–Kier alpha value is -2.55. The van der Waals surface area contributed by atoms with Crippen LogP contribution in [0.2, 0.25) is 0 Å². The van der Waals surface area contributed by atoms with Gasteiger partial charge in [0.25, 0.3) is 11.5 Å². The highest BCUT2D eigenvalue weighted by molar-refractivity contribution is 7.17. The third kappa shape index (κ3) is 4.34. The number of aromatic nitrogens is 2. The lowest BCUT2D eigenvalue weighted by Crippen LogP contribution is -2.24. The first-order chi connectivity index (χ1) is 12.7. The fourth-order valence-electron chi connectivity index (χ4n) is 2.51. The number of H-pyrrole nitrogens is 1. The minimum absolute atomic E-state index is 0.278. The van der Waals surface area contributed by atoms with Gasteiger partial charge in [-0.15, -0.1) is 11.3 Å². The van der Waals surface area contributed by atoms with Gasteiger partial charge in [0.15, 0.2) is 0 Å². The zero-order valence-corrected chi connectivity index (χ0v) is 15.2. The van der Waals surface area contributed by atoms with Crippen LogP contribution >= 0.6 is 11.3 Å². The average molecular weight is 372 g/mol. The van der Waals surface area contributed by atoms with E-state index < -0.39 is 0 Å².